The highest BCUT2D eigenvalue weighted by molar-refractivity contribution is 5.85. The highest BCUT2D eigenvalue weighted by Gasteiger charge is 2.12. The first-order chi connectivity index (χ1) is 10.4. The summed E-state index contributed by atoms with van der Waals surface area (Å²) in [6, 6.07) is 16.3. The van der Waals surface area contributed by atoms with Crippen molar-refractivity contribution in [3.63, 3.8) is 0 Å². The van der Waals surface area contributed by atoms with Crippen molar-refractivity contribution < 1.29 is 4.42 Å². The van der Waals surface area contributed by atoms with Gasteiger partial charge in [0.25, 0.3) is 0 Å². The van der Waals surface area contributed by atoms with Gasteiger partial charge < -0.3 is 14.6 Å². The topological polar surface area (TPSA) is 41.3 Å². The van der Waals surface area contributed by atoms with E-state index >= 15 is 0 Å². The molecule has 122 valence electrons. The molecule has 1 aromatic heterocycles. The number of hydrogen-bond donors (Lipinski definition) is 1. The molecule has 4 rings (SSSR count). The van der Waals surface area contributed by atoms with Crippen LogP contribution in [0.2, 0.25) is 0 Å². The van der Waals surface area contributed by atoms with Crippen molar-refractivity contribution in [2.45, 2.75) is 0 Å². The monoisotopic (exact) mass is 351 g/mol. The van der Waals surface area contributed by atoms with Crippen LogP contribution in [0.5, 0.6) is 0 Å². The van der Waals surface area contributed by atoms with Crippen LogP contribution in [-0.2, 0) is 0 Å². The number of benzene rings is 2. The lowest BCUT2D eigenvalue weighted by molar-refractivity contribution is 0.589. The minimum Gasteiger partial charge on any atom is -0.436 e. The summed E-state index contributed by atoms with van der Waals surface area (Å²) in [4.78, 5) is 6.93. The van der Waals surface area contributed by atoms with Gasteiger partial charge in [-0.25, -0.2) is 4.98 Å². The number of rotatable bonds is 2. The standard InChI is InChI=1S/C17H17N3O.2ClH/c1-2-4-16-15(3-1)19-17(21-16)13-5-7-14(8-6-13)20-11-9-18-10-12-20;;/h1-8,18H,9-12H2;2*1H. The molecule has 2 heterocycles. The molecule has 0 bridgehead atoms. The second-order valence-electron chi connectivity index (χ2n) is 5.27. The molecule has 0 radical (unpaired) electrons. The molecule has 1 aliphatic heterocycles. The number of halogens is 2. The van der Waals surface area contributed by atoms with E-state index in [-0.39, 0.29) is 24.8 Å². The van der Waals surface area contributed by atoms with Crippen LogP contribution in [0.1, 0.15) is 0 Å². The second-order valence-corrected chi connectivity index (χ2v) is 5.27. The fourth-order valence-corrected chi connectivity index (χ4v) is 2.73. The molecule has 1 fully saturated rings. The molecule has 0 aliphatic carbocycles. The Balaban J connectivity index is 0.000000960. The first kappa shape index (κ1) is 17.6. The summed E-state index contributed by atoms with van der Waals surface area (Å²) >= 11 is 0. The highest BCUT2D eigenvalue weighted by atomic mass is 35.5. The summed E-state index contributed by atoms with van der Waals surface area (Å²) in [6.07, 6.45) is 0. The van der Waals surface area contributed by atoms with Crippen LogP contribution >= 0.6 is 24.8 Å². The summed E-state index contributed by atoms with van der Waals surface area (Å²) < 4.78 is 5.80. The van der Waals surface area contributed by atoms with E-state index in [4.69, 9.17) is 4.42 Å². The summed E-state index contributed by atoms with van der Waals surface area (Å²) in [7, 11) is 0. The third-order valence-corrected chi connectivity index (χ3v) is 3.89. The smallest absolute Gasteiger partial charge is 0.227 e. The van der Waals surface area contributed by atoms with Crippen LogP contribution in [0.25, 0.3) is 22.6 Å². The SMILES string of the molecule is Cl.Cl.c1ccc2oc(-c3ccc(N4CCNCC4)cc3)nc2c1. The summed E-state index contributed by atoms with van der Waals surface area (Å²) in [5.74, 6) is 0.683. The lowest BCUT2D eigenvalue weighted by Gasteiger charge is -2.29. The number of piperazine rings is 1. The lowest BCUT2D eigenvalue weighted by Crippen LogP contribution is -2.43. The zero-order valence-electron chi connectivity index (χ0n) is 12.6. The van der Waals surface area contributed by atoms with E-state index in [2.05, 4.69) is 39.5 Å². The second kappa shape index (κ2) is 7.68. The molecule has 0 unspecified atom stereocenters. The Morgan fingerprint density at radius 3 is 2.30 bits per heavy atom. The predicted octanol–water partition coefficient (Wildman–Crippen LogP) is 3.75. The molecule has 23 heavy (non-hydrogen) atoms. The fourth-order valence-electron chi connectivity index (χ4n) is 2.73. The number of hydrogen-bond acceptors (Lipinski definition) is 4. The average Bonchev–Trinajstić information content (AvgIpc) is 3.00. The average molecular weight is 352 g/mol. The van der Waals surface area contributed by atoms with Gasteiger partial charge in [0, 0.05) is 37.4 Å². The molecule has 0 spiro atoms. The summed E-state index contributed by atoms with van der Waals surface area (Å²) in [6.45, 7) is 4.21. The van der Waals surface area contributed by atoms with Crippen LogP contribution in [0.15, 0.2) is 52.9 Å². The number of anilines is 1. The van der Waals surface area contributed by atoms with Gasteiger partial charge in [-0.2, -0.15) is 0 Å². The van der Waals surface area contributed by atoms with E-state index in [1.807, 2.05) is 24.3 Å². The molecule has 0 atom stereocenters. The molecule has 6 heteroatoms. The molecule has 0 saturated carbocycles. The molecule has 1 aliphatic rings. The minimum absolute atomic E-state index is 0. The van der Waals surface area contributed by atoms with Gasteiger partial charge in [-0.15, -0.1) is 24.8 Å². The van der Waals surface area contributed by atoms with E-state index in [0.29, 0.717) is 5.89 Å². The Labute approximate surface area is 147 Å². The maximum Gasteiger partial charge on any atom is 0.227 e. The molecule has 0 amide bonds. The Bertz CT molecular complexity index is 719. The minimum atomic E-state index is 0. The molecule has 3 aromatic rings. The highest BCUT2D eigenvalue weighted by Crippen LogP contribution is 2.26. The molecular formula is C17H19Cl2N3O. The van der Waals surface area contributed by atoms with Crippen LogP contribution < -0.4 is 10.2 Å². The molecule has 4 nitrogen and oxygen atoms in total. The van der Waals surface area contributed by atoms with E-state index in [9.17, 15) is 0 Å². The van der Waals surface area contributed by atoms with Gasteiger partial charge in [0.05, 0.1) is 0 Å². The third-order valence-electron chi connectivity index (χ3n) is 3.89. The predicted molar refractivity (Wildman–Crippen MR) is 99.0 cm³/mol. The molecule has 1 N–H and O–H groups in total. The van der Waals surface area contributed by atoms with Crippen molar-refractivity contribution in [2.24, 2.45) is 0 Å². The number of aromatic nitrogens is 1. The largest absolute Gasteiger partial charge is 0.436 e. The zero-order chi connectivity index (χ0) is 14.1. The third kappa shape index (κ3) is 3.61. The maximum absolute atomic E-state index is 5.80. The zero-order valence-corrected chi connectivity index (χ0v) is 14.2. The lowest BCUT2D eigenvalue weighted by atomic mass is 10.2. The van der Waals surface area contributed by atoms with E-state index in [1.54, 1.807) is 0 Å². The van der Waals surface area contributed by atoms with Gasteiger partial charge in [0.1, 0.15) is 5.52 Å². The van der Waals surface area contributed by atoms with Crippen LogP contribution in [0.3, 0.4) is 0 Å². The number of nitrogens with zero attached hydrogens (tertiary/aromatic N) is 2. The van der Waals surface area contributed by atoms with E-state index in [0.717, 1.165) is 42.8 Å². The Morgan fingerprint density at radius 1 is 0.913 bits per heavy atom. The fraction of sp³-hybridized carbons (Fsp3) is 0.235. The normalized spacial score (nSPS) is 14.2. The van der Waals surface area contributed by atoms with E-state index in [1.165, 1.54) is 5.69 Å². The molecular weight excluding hydrogens is 333 g/mol. The Kier molecular flexibility index (Phi) is 5.88. The van der Waals surface area contributed by atoms with Gasteiger partial charge in [0.2, 0.25) is 5.89 Å². The van der Waals surface area contributed by atoms with Crippen LogP contribution in [0.4, 0.5) is 5.69 Å². The van der Waals surface area contributed by atoms with Gasteiger partial charge in [-0.3, -0.25) is 0 Å². The van der Waals surface area contributed by atoms with Crippen molar-refractivity contribution in [1.82, 2.24) is 10.3 Å². The van der Waals surface area contributed by atoms with E-state index < -0.39 is 0 Å². The van der Waals surface area contributed by atoms with Gasteiger partial charge in [-0.1, -0.05) is 12.1 Å². The van der Waals surface area contributed by atoms with Crippen molar-refractivity contribution in [2.75, 3.05) is 31.1 Å². The molecule has 2 aromatic carbocycles. The number of oxazole rings is 1. The Morgan fingerprint density at radius 2 is 1.61 bits per heavy atom. The summed E-state index contributed by atoms with van der Waals surface area (Å²) in [5.41, 5.74) is 4.01. The number of para-hydroxylation sites is 2. The van der Waals surface area contributed by atoms with Crippen molar-refractivity contribution >= 4 is 41.6 Å². The van der Waals surface area contributed by atoms with Gasteiger partial charge in [0.15, 0.2) is 5.58 Å². The van der Waals surface area contributed by atoms with Crippen molar-refractivity contribution in [3.05, 3.63) is 48.5 Å². The maximum atomic E-state index is 5.80. The quantitative estimate of drug-likeness (QED) is 0.763. The number of fused-ring (bicyclic) bond motifs is 1. The first-order valence-electron chi connectivity index (χ1n) is 7.32. The Hall–Kier alpha value is -1.75. The van der Waals surface area contributed by atoms with Gasteiger partial charge in [-0.05, 0) is 36.4 Å². The van der Waals surface area contributed by atoms with Crippen LogP contribution in [-0.4, -0.2) is 31.2 Å². The number of nitrogens with one attached hydrogen (secondary N) is 1. The van der Waals surface area contributed by atoms with Gasteiger partial charge >= 0.3 is 0 Å². The van der Waals surface area contributed by atoms with Crippen LogP contribution in [0, 0.1) is 0 Å². The van der Waals surface area contributed by atoms with Crippen molar-refractivity contribution in [3.8, 4) is 11.5 Å². The first-order valence-corrected chi connectivity index (χ1v) is 7.32. The van der Waals surface area contributed by atoms with Crippen molar-refractivity contribution in [1.29, 1.82) is 0 Å². The molecule has 1 saturated heterocycles. The summed E-state index contributed by atoms with van der Waals surface area (Å²) in [5, 5.41) is 3.37.